The minimum Gasteiger partial charge on any atom is -0.462 e. The van der Waals surface area contributed by atoms with Crippen molar-refractivity contribution in [3.8, 4) is 0 Å². The maximum absolute atomic E-state index is 13.1. The van der Waals surface area contributed by atoms with Crippen LogP contribution in [0.25, 0.3) is 0 Å². The van der Waals surface area contributed by atoms with Crippen LogP contribution in [0.5, 0.6) is 0 Å². The fourth-order valence-corrected chi connectivity index (χ4v) is 13.3. The van der Waals surface area contributed by atoms with Crippen LogP contribution in [0.2, 0.25) is 0 Å². The van der Waals surface area contributed by atoms with Gasteiger partial charge < -0.3 is 33.8 Å². The number of aliphatic hydroxyl groups excluding tert-OH is 1. The first-order chi connectivity index (χ1) is 47.5. The maximum Gasteiger partial charge on any atom is 0.472 e. The second-order valence-corrected chi connectivity index (χ2v) is 31.2. The Morgan fingerprint density at radius 1 is 0.316 bits per heavy atom. The molecule has 3 N–H and O–H groups in total. The summed E-state index contributed by atoms with van der Waals surface area (Å²) in [6, 6.07) is 0. The summed E-state index contributed by atoms with van der Waals surface area (Å²) in [7, 11) is -9.93. The Hall–Kier alpha value is -2.46. The average Bonchev–Trinajstić information content (AvgIpc) is 1.22. The smallest absolute Gasteiger partial charge is 0.462 e. The van der Waals surface area contributed by atoms with Crippen molar-refractivity contribution >= 4 is 39.5 Å². The normalized spacial score (nSPS) is 14.1. The standard InChI is InChI=1S/C79H150O17P2/c1-6-9-12-15-18-21-24-27-30-31-32-34-37-40-43-50-55-60-65-79(84)95-74(68-89-76(81)62-57-52-47-41-38-36-33-28-25-22-19-16-13-10-7-2)70-93-97(85,86)91-66-73(80)67-92-98(87,88)94-71-75(69-90-77(82)63-58-53-48-45-44-46-51-56-61-72(4)5)96-78(83)64-59-54-49-42-39-35-29-26-23-20-17-14-11-8-3/h22,25,28,33,72-75,80H,6-21,23-24,26-27,29-32,34-71H2,1-5H3,(H,85,86)(H,87,88)/b25-22-,33-28-/t73-,74-,75-/m1/s1. The minimum atomic E-state index is -4.97. The molecule has 0 saturated heterocycles. The highest BCUT2D eigenvalue weighted by atomic mass is 31.2. The highest BCUT2D eigenvalue weighted by molar-refractivity contribution is 7.47. The zero-order valence-electron chi connectivity index (χ0n) is 63.4. The van der Waals surface area contributed by atoms with Gasteiger partial charge in [-0.15, -0.1) is 0 Å². The number of carbonyl (C=O) groups is 4. The summed E-state index contributed by atoms with van der Waals surface area (Å²) in [6.45, 7) is 7.22. The fraction of sp³-hybridized carbons (Fsp3) is 0.899. The van der Waals surface area contributed by atoms with Crippen molar-refractivity contribution < 1.29 is 80.2 Å². The van der Waals surface area contributed by atoms with Gasteiger partial charge in [0.05, 0.1) is 26.4 Å². The lowest BCUT2D eigenvalue weighted by molar-refractivity contribution is -0.161. The summed E-state index contributed by atoms with van der Waals surface area (Å²) in [4.78, 5) is 72.9. The zero-order chi connectivity index (χ0) is 71.9. The predicted molar refractivity (Wildman–Crippen MR) is 400 cm³/mol. The Labute approximate surface area is 599 Å². The third-order valence-corrected chi connectivity index (χ3v) is 19.8. The van der Waals surface area contributed by atoms with Crippen molar-refractivity contribution in [1.82, 2.24) is 0 Å². The molecule has 0 aromatic heterocycles. The molecule has 0 aliphatic carbocycles. The molecule has 0 aliphatic rings. The zero-order valence-corrected chi connectivity index (χ0v) is 65.2. The molecule has 0 radical (unpaired) electrons. The van der Waals surface area contributed by atoms with E-state index in [4.69, 9.17) is 37.0 Å². The number of carbonyl (C=O) groups excluding carboxylic acids is 4. The van der Waals surface area contributed by atoms with E-state index in [0.29, 0.717) is 25.7 Å². The molecule has 0 rings (SSSR count). The van der Waals surface area contributed by atoms with Crippen LogP contribution in [-0.2, 0) is 65.4 Å². The average molecular weight is 1430 g/mol. The number of esters is 4. The summed E-state index contributed by atoms with van der Waals surface area (Å²) < 4.78 is 68.6. The lowest BCUT2D eigenvalue weighted by Crippen LogP contribution is -2.30. The molecule has 0 heterocycles. The largest absolute Gasteiger partial charge is 0.472 e. The molecule has 17 nitrogen and oxygen atoms in total. The summed E-state index contributed by atoms with van der Waals surface area (Å²) in [6.07, 6.45) is 64.6. The quantitative estimate of drug-likeness (QED) is 0.0169. The van der Waals surface area contributed by atoms with E-state index in [-0.39, 0.29) is 25.7 Å². The number of phosphoric acid groups is 2. The Morgan fingerprint density at radius 3 is 0.837 bits per heavy atom. The van der Waals surface area contributed by atoms with Crippen LogP contribution in [-0.4, -0.2) is 96.7 Å². The van der Waals surface area contributed by atoms with Crippen LogP contribution >= 0.6 is 15.6 Å². The van der Waals surface area contributed by atoms with Crippen LogP contribution < -0.4 is 0 Å². The second kappa shape index (κ2) is 71.5. The predicted octanol–water partition coefficient (Wildman–Crippen LogP) is 23.2. The van der Waals surface area contributed by atoms with Gasteiger partial charge in [-0.1, -0.05) is 341 Å². The van der Waals surface area contributed by atoms with Gasteiger partial charge in [0.25, 0.3) is 0 Å². The highest BCUT2D eigenvalue weighted by Crippen LogP contribution is 2.45. The molecule has 0 bridgehead atoms. The van der Waals surface area contributed by atoms with Gasteiger partial charge >= 0.3 is 39.5 Å². The molecular formula is C79H150O17P2. The first kappa shape index (κ1) is 95.5. The van der Waals surface area contributed by atoms with Crippen molar-refractivity contribution in [3.05, 3.63) is 24.3 Å². The van der Waals surface area contributed by atoms with Crippen LogP contribution in [0.15, 0.2) is 24.3 Å². The van der Waals surface area contributed by atoms with Gasteiger partial charge in [-0.3, -0.25) is 37.3 Å². The molecule has 98 heavy (non-hydrogen) atoms. The number of hydrogen-bond donors (Lipinski definition) is 3. The molecule has 19 heteroatoms. The monoisotopic (exact) mass is 1430 g/mol. The molecule has 0 aromatic carbocycles. The summed E-state index contributed by atoms with van der Waals surface area (Å²) in [5.41, 5.74) is 0. The molecule has 2 unspecified atom stereocenters. The molecular weight excluding hydrogens is 1280 g/mol. The van der Waals surface area contributed by atoms with E-state index in [2.05, 4.69) is 58.9 Å². The lowest BCUT2D eigenvalue weighted by atomic mass is 10.0. The SMILES string of the molecule is CCCCCC/C=C\C=C/CCCCCCCC(=O)OC[C@H](COP(=O)(O)OC[C@@H](O)COP(=O)(O)OC[C@@H](COC(=O)CCCCCCCCCCC(C)C)OC(=O)CCCCCCCCCCCCCCCC)OC(=O)CCCCCCCCCCCCCCCCCCCC. The van der Waals surface area contributed by atoms with Crippen LogP contribution in [0.3, 0.4) is 0 Å². The third-order valence-electron chi connectivity index (χ3n) is 17.9. The Bertz CT molecular complexity index is 1970. The van der Waals surface area contributed by atoms with Crippen molar-refractivity contribution in [2.45, 2.75) is 412 Å². The number of phosphoric ester groups is 2. The molecule has 0 spiro atoms. The topological polar surface area (TPSA) is 237 Å². The first-order valence-electron chi connectivity index (χ1n) is 40.5. The summed E-state index contributed by atoms with van der Waals surface area (Å²) in [5, 5.41) is 10.6. The molecule has 578 valence electrons. The van der Waals surface area contributed by atoms with E-state index < -0.39 is 97.5 Å². The lowest BCUT2D eigenvalue weighted by Gasteiger charge is -2.21. The molecule has 0 aliphatic heterocycles. The number of rotatable bonds is 77. The molecule has 0 fully saturated rings. The van der Waals surface area contributed by atoms with E-state index in [0.717, 1.165) is 115 Å². The van der Waals surface area contributed by atoms with Gasteiger partial charge in [0, 0.05) is 25.7 Å². The highest BCUT2D eigenvalue weighted by Gasteiger charge is 2.30. The third kappa shape index (κ3) is 71.9. The van der Waals surface area contributed by atoms with E-state index in [9.17, 15) is 43.2 Å². The second-order valence-electron chi connectivity index (χ2n) is 28.2. The first-order valence-corrected chi connectivity index (χ1v) is 43.4. The van der Waals surface area contributed by atoms with E-state index in [1.165, 1.54) is 199 Å². The Morgan fingerprint density at radius 2 is 0.551 bits per heavy atom. The van der Waals surface area contributed by atoms with Crippen LogP contribution in [0, 0.1) is 5.92 Å². The maximum atomic E-state index is 13.1. The molecule has 5 atom stereocenters. The van der Waals surface area contributed by atoms with Gasteiger partial charge in [0.1, 0.15) is 19.3 Å². The van der Waals surface area contributed by atoms with E-state index in [1.807, 2.05) is 0 Å². The van der Waals surface area contributed by atoms with Crippen molar-refractivity contribution in [3.63, 3.8) is 0 Å². The number of aliphatic hydroxyl groups is 1. The van der Waals surface area contributed by atoms with Crippen molar-refractivity contribution in [2.75, 3.05) is 39.6 Å². The molecule has 0 amide bonds. The number of unbranched alkanes of at least 4 members (excludes halogenated alkanes) is 46. The number of hydrogen-bond acceptors (Lipinski definition) is 15. The molecule has 0 saturated carbocycles. The summed E-state index contributed by atoms with van der Waals surface area (Å²) in [5.74, 6) is -1.41. The molecule has 0 aromatic rings. The van der Waals surface area contributed by atoms with Crippen molar-refractivity contribution in [1.29, 1.82) is 0 Å². The Balaban J connectivity index is 5.28. The number of ether oxygens (including phenoxy) is 4. The van der Waals surface area contributed by atoms with Crippen LogP contribution in [0.4, 0.5) is 0 Å². The van der Waals surface area contributed by atoms with Gasteiger partial charge in [0.2, 0.25) is 0 Å². The minimum absolute atomic E-state index is 0.102. The number of allylic oxidation sites excluding steroid dienone is 4. The van der Waals surface area contributed by atoms with Crippen molar-refractivity contribution in [2.24, 2.45) is 5.92 Å². The van der Waals surface area contributed by atoms with E-state index in [1.54, 1.807) is 0 Å². The van der Waals surface area contributed by atoms with Gasteiger partial charge in [0.15, 0.2) is 12.2 Å². The fourth-order valence-electron chi connectivity index (χ4n) is 11.7. The van der Waals surface area contributed by atoms with Gasteiger partial charge in [-0.25, -0.2) is 9.13 Å². The van der Waals surface area contributed by atoms with Crippen LogP contribution in [0.1, 0.15) is 394 Å². The van der Waals surface area contributed by atoms with Gasteiger partial charge in [-0.2, -0.15) is 0 Å². The Kier molecular flexibility index (Phi) is 69.7. The van der Waals surface area contributed by atoms with Gasteiger partial charge in [-0.05, 0) is 57.3 Å². The van der Waals surface area contributed by atoms with E-state index >= 15 is 0 Å². The summed E-state index contributed by atoms with van der Waals surface area (Å²) >= 11 is 0.